The minimum absolute atomic E-state index is 0.0528. The summed E-state index contributed by atoms with van der Waals surface area (Å²) >= 11 is 0. The van der Waals surface area contributed by atoms with Crippen molar-refractivity contribution in [3.05, 3.63) is 48.2 Å². The Kier molecular flexibility index (Phi) is 9.13. The van der Waals surface area contributed by atoms with Gasteiger partial charge in [-0.15, -0.1) is 0 Å². The number of benzene rings is 1. The van der Waals surface area contributed by atoms with E-state index in [4.69, 9.17) is 9.47 Å². The van der Waals surface area contributed by atoms with Crippen LogP contribution in [0.3, 0.4) is 0 Å². The summed E-state index contributed by atoms with van der Waals surface area (Å²) in [6.07, 6.45) is 6.71. The molecule has 232 valence electrons. The number of amides is 1. The second-order valence-electron chi connectivity index (χ2n) is 12.6. The highest BCUT2D eigenvalue weighted by atomic mass is 31.1. The second-order valence-corrected chi connectivity index (χ2v) is 14.8. The highest BCUT2D eigenvalue weighted by molar-refractivity contribution is 7.38. The summed E-state index contributed by atoms with van der Waals surface area (Å²) < 4.78 is 36.8. The first kappa shape index (κ1) is 32.0. The van der Waals surface area contributed by atoms with Gasteiger partial charge in [-0.3, -0.25) is 9.88 Å². The van der Waals surface area contributed by atoms with Gasteiger partial charge >= 0.3 is 22.1 Å². The lowest BCUT2D eigenvalue weighted by Gasteiger charge is -2.43. The molecule has 1 spiro atoms. The van der Waals surface area contributed by atoms with Gasteiger partial charge in [-0.05, 0) is 72.3 Å². The van der Waals surface area contributed by atoms with Crippen molar-refractivity contribution < 1.29 is 33.2 Å². The van der Waals surface area contributed by atoms with Gasteiger partial charge in [0.25, 0.3) is 0 Å². The number of fused-ring (bicyclic) bond motifs is 1. The lowest BCUT2D eigenvalue weighted by atomic mass is 9.68. The van der Waals surface area contributed by atoms with E-state index in [0.29, 0.717) is 36.6 Å². The topological polar surface area (TPSA) is 181 Å². The second kappa shape index (κ2) is 12.5. The SMILES string of the molecule is CC(C)(OC(CC[P+](=O)O)C[P+](=O)O)c1cnc(N2C[C@@]3(CCC[C@](C)(Cn4cnc5ccc(C#N)cc54)C3)OC2=O)cn1. The number of anilines is 1. The summed E-state index contributed by atoms with van der Waals surface area (Å²) in [6.45, 7) is 6.67. The van der Waals surface area contributed by atoms with E-state index >= 15 is 0 Å². The highest BCUT2D eigenvalue weighted by Gasteiger charge is 2.52. The zero-order chi connectivity index (χ0) is 31.7. The molecule has 2 aliphatic rings. The number of nitrogens with zero attached hydrogens (tertiary/aromatic N) is 6. The number of imidazole rings is 1. The first-order chi connectivity index (χ1) is 20.8. The van der Waals surface area contributed by atoms with Crippen molar-refractivity contribution in [2.75, 3.05) is 23.8 Å². The molecule has 2 N–H and O–H groups in total. The summed E-state index contributed by atoms with van der Waals surface area (Å²) in [4.78, 5) is 46.7. The number of rotatable bonds is 11. The lowest BCUT2D eigenvalue weighted by Crippen LogP contribution is -2.45. The van der Waals surface area contributed by atoms with Gasteiger partial charge in [0.15, 0.2) is 12.0 Å². The van der Waals surface area contributed by atoms with Crippen LogP contribution in [-0.2, 0) is 30.7 Å². The van der Waals surface area contributed by atoms with Crippen molar-refractivity contribution in [1.29, 1.82) is 5.26 Å². The smallest absolute Gasteiger partial charge is 0.441 e. The van der Waals surface area contributed by atoms with Crippen molar-refractivity contribution in [1.82, 2.24) is 19.5 Å². The summed E-state index contributed by atoms with van der Waals surface area (Å²) in [5.41, 5.74) is 0.863. The maximum Gasteiger partial charge on any atom is 0.508 e. The Bertz CT molecular complexity index is 1620. The predicted molar refractivity (Wildman–Crippen MR) is 162 cm³/mol. The largest absolute Gasteiger partial charge is 0.508 e. The Morgan fingerprint density at radius 2 is 1.98 bits per heavy atom. The number of hydrogen-bond acceptors (Lipinski definition) is 9. The highest BCUT2D eigenvalue weighted by Crippen LogP contribution is 2.48. The van der Waals surface area contributed by atoms with E-state index in [-0.39, 0.29) is 24.2 Å². The average Bonchev–Trinajstić information content (AvgIpc) is 3.49. The standard InChI is InChI=1S/C29H34N6O7P2/c1-27(2,41-21(15-44(39)40)7-10-43(37)38)24-13-32-25(14-31-24)35-18-29(42-26(35)36)9-4-8-28(3,16-29)17-34-19-33-22-6-5-20(12-30)11-23(22)34/h5-6,11,13-14,19,21H,4,7-10,15-18H2,1-3H3/p+2/t21?,28-,29-/m0/s1. The number of aromatic nitrogens is 4. The van der Waals surface area contributed by atoms with Gasteiger partial charge < -0.3 is 14.0 Å². The molecule has 1 aromatic carbocycles. The third kappa shape index (κ3) is 7.12. The number of nitriles is 1. The van der Waals surface area contributed by atoms with Gasteiger partial charge in [-0.2, -0.15) is 15.0 Å². The molecular formula is C29H36N6O7P2+2. The summed E-state index contributed by atoms with van der Waals surface area (Å²) in [5, 5.41) is 9.35. The first-order valence-corrected chi connectivity index (χ1v) is 17.2. The van der Waals surface area contributed by atoms with Crippen LogP contribution in [-0.4, -0.2) is 66.0 Å². The molecule has 44 heavy (non-hydrogen) atoms. The van der Waals surface area contributed by atoms with Crippen LogP contribution in [0.25, 0.3) is 11.0 Å². The molecule has 1 saturated heterocycles. The van der Waals surface area contributed by atoms with E-state index in [1.165, 1.54) is 17.3 Å². The summed E-state index contributed by atoms with van der Waals surface area (Å²) in [6, 6.07) is 7.65. The Balaban J connectivity index is 1.28. The van der Waals surface area contributed by atoms with Gasteiger partial charge in [0, 0.05) is 13.0 Å². The molecule has 1 amide bonds. The van der Waals surface area contributed by atoms with Gasteiger partial charge in [-0.25, -0.2) is 14.8 Å². The Hall–Kier alpha value is -3.39. The maximum atomic E-state index is 13.1. The van der Waals surface area contributed by atoms with Gasteiger partial charge in [0.2, 0.25) is 6.16 Å². The van der Waals surface area contributed by atoms with Crippen LogP contribution in [0.15, 0.2) is 36.9 Å². The van der Waals surface area contributed by atoms with Gasteiger partial charge in [-0.1, -0.05) is 6.92 Å². The molecule has 1 saturated carbocycles. The number of ether oxygens (including phenoxy) is 2. The van der Waals surface area contributed by atoms with Gasteiger partial charge in [0.05, 0.1) is 53.6 Å². The zero-order valence-electron chi connectivity index (χ0n) is 24.9. The fourth-order valence-corrected chi connectivity index (χ4v) is 7.59. The summed E-state index contributed by atoms with van der Waals surface area (Å²) in [7, 11) is -4.91. The van der Waals surface area contributed by atoms with Crippen molar-refractivity contribution in [2.45, 2.75) is 76.7 Å². The molecule has 15 heteroatoms. The molecule has 5 atom stereocenters. The van der Waals surface area contributed by atoms with Crippen molar-refractivity contribution in [3.8, 4) is 6.07 Å². The zero-order valence-corrected chi connectivity index (χ0v) is 26.7. The average molecular weight is 643 g/mol. The number of carbonyl (C=O) groups excluding carboxylic acids is 1. The van der Waals surface area contributed by atoms with Crippen LogP contribution >= 0.6 is 16.1 Å². The van der Waals surface area contributed by atoms with E-state index in [1.807, 2.05) is 12.1 Å². The van der Waals surface area contributed by atoms with E-state index in [2.05, 4.69) is 32.5 Å². The third-order valence-corrected chi connectivity index (χ3v) is 9.79. The summed E-state index contributed by atoms with van der Waals surface area (Å²) in [5.74, 6) is 0.343. The quantitative estimate of drug-likeness (QED) is 0.264. The van der Waals surface area contributed by atoms with E-state index in [9.17, 15) is 29.0 Å². The lowest BCUT2D eigenvalue weighted by molar-refractivity contribution is -0.0705. The molecule has 3 heterocycles. The van der Waals surface area contributed by atoms with E-state index in [0.717, 1.165) is 30.3 Å². The molecule has 5 rings (SSSR count). The fraction of sp³-hybridized carbons (Fsp3) is 0.552. The van der Waals surface area contributed by atoms with E-state index in [1.54, 1.807) is 26.2 Å². The molecule has 3 unspecified atom stereocenters. The molecular weight excluding hydrogens is 606 g/mol. The van der Waals surface area contributed by atoms with Crippen LogP contribution in [0.2, 0.25) is 0 Å². The molecule has 1 aliphatic heterocycles. The number of hydrogen-bond donors (Lipinski definition) is 2. The van der Waals surface area contributed by atoms with Crippen molar-refractivity contribution in [2.24, 2.45) is 5.41 Å². The monoisotopic (exact) mass is 642 g/mol. The fourth-order valence-electron chi connectivity index (χ4n) is 6.48. The minimum atomic E-state index is -2.51. The van der Waals surface area contributed by atoms with Crippen LogP contribution in [0.5, 0.6) is 0 Å². The molecule has 2 aromatic heterocycles. The Morgan fingerprint density at radius 1 is 1.18 bits per heavy atom. The van der Waals surface area contributed by atoms with Gasteiger partial charge in [0.1, 0.15) is 17.3 Å². The van der Waals surface area contributed by atoms with E-state index < -0.39 is 39.5 Å². The van der Waals surface area contributed by atoms with Crippen LogP contribution in [0.1, 0.15) is 64.1 Å². The molecule has 1 aliphatic carbocycles. The molecule has 3 aromatic rings. The molecule has 0 bridgehead atoms. The Labute approximate surface area is 257 Å². The predicted octanol–water partition coefficient (Wildman–Crippen LogP) is 5.15. The third-order valence-electron chi connectivity index (χ3n) is 8.43. The normalized spacial score (nSPS) is 23.5. The minimum Gasteiger partial charge on any atom is -0.441 e. The van der Waals surface area contributed by atoms with Crippen molar-refractivity contribution >= 4 is 39.0 Å². The Morgan fingerprint density at radius 3 is 2.66 bits per heavy atom. The first-order valence-electron chi connectivity index (χ1n) is 14.4. The van der Waals surface area contributed by atoms with Crippen LogP contribution in [0.4, 0.5) is 10.6 Å². The van der Waals surface area contributed by atoms with Crippen LogP contribution < -0.4 is 4.90 Å². The molecule has 2 fully saturated rings. The van der Waals surface area contributed by atoms with Crippen LogP contribution in [0, 0.1) is 16.7 Å². The maximum absolute atomic E-state index is 13.1. The number of carbonyl (C=O) groups is 1. The molecule has 0 radical (unpaired) electrons. The molecule has 13 nitrogen and oxygen atoms in total. The van der Waals surface area contributed by atoms with Crippen molar-refractivity contribution in [3.63, 3.8) is 0 Å².